The number of hydrogen-bond acceptors (Lipinski definition) is 3. The van der Waals surface area contributed by atoms with Crippen molar-refractivity contribution in [3.05, 3.63) is 35.4 Å². The summed E-state index contributed by atoms with van der Waals surface area (Å²) in [6.45, 7) is 6.26. The van der Waals surface area contributed by atoms with Gasteiger partial charge in [0.1, 0.15) is 0 Å². The molecule has 19 heavy (non-hydrogen) atoms. The van der Waals surface area contributed by atoms with E-state index >= 15 is 0 Å². The molecule has 1 aromatic carbocycles. The highest BCUT2D eigenvalue weighted by Gasteiger charge is 2.12. The van der Waals surface area contributed by atoms with Gasteiger partial charge in [0.25, 0.3) is 0 Å². The summed E-state index contributed by atoms with van der Waals surface area (Å²) in [5.41, 5.74) is 1.75. The number of ketones is 1. The second-order valence-corrected chi connectivity index (χ2v) is 5.19. The minimum atomic E-state index is -0.0606. The normalized spacial score (nSPS) is 10.8. The fourth-order valence-corrected chi connectivity index (χ4v) is 1.82. The Morgan fingerprint density at radius 1 is 1.26 bits per heavy atom. The highest BCUT2D eigenvalue weighted by Crippen LogP contribution is 2.05. The third kappa shape index (κ3) is 5.66. The summed E-state index contributed by atoms with van der Waals surface area (Å²) in [7, 11) is 1.77. The molecule has 0 aliphatic heterocycles. The molecule has 1 amide bonds. The van der Waals surface area contributed by atoms with Crippen molar-refractivity contribution in [1.29, 1.82) is 0 Å². The number of benzene rings is 1. The molecule has 0 unspecified atom stereocenters. The Bertz CT molecular complexity index is 455. The van der Waals surface area contributed by atoms with Gasteiger partial charge in [-0.1, -0.05) is 23.8 Å². The van der Waals surface area contributed by atoms with E-state index in [1.807, 2.05) is 39.0 Å². The number of likely N-dealkylation sites (N-methyl/N-ethyl adjacent to an activating group) is 1. The Balaban J connectivity index is 2.50. The summed E-state index contributed by atoms with van der Waals surface area (Å²) in [5.74, 6) is -0.0295. The summed E-state index contributed by atoms with van der Waals surface area (Å²) >= 11 is 0. The summed E-state index contributed by atoms with van der Waals surface area (Å²) < 4.78 is 0. The van der Waals surface area contributed by atoms with Crippen LogP contribution in [0.15, 0.2) is 24.3 Å². The molecule has 1 N–H and O–H groups in total. The van der Waals surface area contributed by atoms with Crippen LogP contribution in [-0.4, -0.2) is 42.8 Å². The maximum absolute atomic E-state index is 12.0. The summed E-state index contributed by atoms with van der Waals surface area (Å²) in [6, 6.07) is 7.61. The SMILES string of the molecule is Cc1cccc(C(=O)CN(C)CC(=O)NC(C)C)c1. The van der Waals surface area contributed by atoms with E-state index in [0.29, 0.717) is 5.56 Å². The molecule has 4 nitrogen and oxygen atoms in total. The zero-order valence-corrected chi connectivity index (χ0v) is 12.1. The zero-order valence-electron chi connectivity index (χ0n) is 12.1. The first kappa shape index (κ1) is 15.4. The molecular formula is C15H22N2O2. The fourth-order valence-electron chi connectivity index (χ4n) is 1.82. The molecule has 1 rings (SSSR count). The molecule has 4 heteroatoms. The van der Waals surface area contributed by atoms with Crippen LogP contribution in [0, 0.1) is 6.92 Å². The van der Waals surface area contributed by atoms with E-state index in [-0.39, 0.29) is 30.8 Å². The minimum absolute atomic E-state index is 0.0311. The van der Waals surface area contributed by atoms with E-state index in [4.69, 9.17) is 0 Å². The number of amides is 1. The van der Waals surface area contributed by atoms with Crippen LogP contribution in [0.3, 0.4) is 0 Å². The van der Waals surface area contributed by atoms with E-state index in [1.165, 1.54) is 0 Å². The molecule has 0 aliphatic carbocycles. The van der Waals surface area contributed by atoms with Gasteiger partial charge in [-0.05, 0) is 33.9 Å². The number of Topliss-reactive ketones (excluding diaryl/α,β-unsaturated/α-hetero) is 1. The predicted octanol–water partition coefficient (Wildman–Crippen LogP) is 1.63. The van der Waals surface area contributed by atoms with Crippen LogP contribution in [0.1, 0.15) is 29.8 Å². The first-order valence-corrected chi connectivity index (χ1v) is 6.46. The zero-order chi connectivity index (χ0) is 14.4. The molecule has 1 aromatic rings. The lowest BCUT2D eigenvalue weighted by Gasteiger charge is -2.16. The number of nitrogens with zero attached hydrogens (tertiary/aromatic N) is 1. The third-order valence-corrected chi connectivity index (χ3v) is 2.62. The van der Waals surface area contributed by atoms with Gasteiger partial charge in [-0.25, -0.2) is 0 Å². The van der Waals surface area contributed by atoms with Crippen LogP contribution in [0.25, 0.3) is 0 Å². The molecule has 0 radical (unpaired) electrons. The van der Waals surface area contributed by atoms with Crippen LogP contribution in [-0.2, 0) is 4.79 Å². The van der Waals surface area contributed by atoms with Gasteiger partial charge in [-0.15, -0.1) is 0 Å². The molecule has 0 heterocycles. The molecular weight excluding hydrogens is 240 g/mol. The van der Waals surface area contributed by atoms with Crippen molar-refractivity contribution in [2.75, 3.05) is 20.1 Å². The quantitative estimate of drug-likeness (QED) is 0.793. The van der Waals surface area contributed by atoms with Gasteiger partial charge in [0.2, 0.25) is 5.91 Å². The maximum Gasteiger partial charge on any atom is 0.234 e. The lowest BCUT2D eigenvalue weighted by Crippen LogP contribution is -2.40. The first-order valence-electron chi connectivity index (χ1n) is 6.46. The maximum atomic E-state index is 12.0. The average molecular weight is 262 g/mol. The van der Waals surface area contributed by atoms with Gasteiger partial charge in [0, 0.05) is 11.6 Å². The van der Waals surface area contributed by atoms with Crippen molar-refractivity contribution < 1.29 is 9.59 Å². The summed E-state index contributed by atoms with van der Waals surface area (Å²) in [6.07, 6.45) is 0. The Labute approximate surface area is 114 Å². The van der Waals surface area contributed by atoms with Crippen molar-refractivity contribution in [2.24, 2.45) is 0 Å². The molecule has 0 spiro atoms. The van der Waals surface area contributed by atoms with Gasteiger partial charge in [0.15, 0.2) is 5.78 Å². The van der Waals surface area contributed by atoms with Gasteiger partial charge in [-0.2, -0.15) is 0 Å². The molecule has 0 saturated carbocycles. The van der Waals surface area contributed by atoms with Crippen molar-refractivity contribution in [3.63, 3.8) is 0 Å². The molecule has 0 aromatic heterocycles. The lowest BCUT2D eigenvalue weighted by atomic mass is 10.1. The fraction of sp³-hybridized carbons (Fsp3) is 0.467. The van der Waals surface area contributed by atoms with Crippen LogP contribution >= 0.6 is 0 Å². The highest BCUT2D eigenvalue weighted by molar-refractivity contribution is 5.98. The van der Waals surface area contributed by atoms with E-state index in [0.717, 1.165) is 5.56 Å². The van der Waals surface area contributed by atoms with Crippen LogP contribution in [0.4, 0.5) is 0 Å². The van der Waals surface area contributed by atoms with E-state index in [9.17, 15) is 9.59 Å². The molecule has 0 fully saturated rings. The van der Waals surface area contributed by atoms with Crippen molar-refractivity contribution in [3.8, 4) is 0 Å². The van der Waals surface area contributed by atoms with Crippen LogP contribution < -0.4 is 5.32 Å². The second-order valence-electron chi connectivity index (χ2n) is 5.19. The Morgan fingerprint density at radius 3 is 2.53 bits per heavy atom. The number of hydrogen-bond donors (Lipinski definition) is 1. The van der Waals surface area contributed by atoms with Crippen LogP contribution in [0.5, 0.6) is 0 Å². The lowest BCUT2D eigenvalue weighted by molar-refractivity contribution is -0.122. The van der Waals surface area contributed by atoms with E-state index < -0.39 is 0 Å². The molecule has 0 aliphatic rings. The standard InChI is InChI=1S/C15H22N2O2/c1-11(2)16-15(19)10-17(4)9-14(18)13-7-5-6-12(3)8-13/h5-8,11H,9-10H2,1-4H3,(H,16,19). The number of aryl methyl sites for hydroxylation is 1. The number of rotatable bonds is 6. The van der Waals surface area contributed by atoms with Gasteiger partial charge < -0.3 is 5.32 Å². The van der Waals surface area contributed by atoms with Gasteiger partial charge >= 0.3 is 0 Å². The van der Waals surface area contributed by atoms with Gasteiger partial charge in [0.05, 0.1) is 13.1 Å². The predicted molar refractivity (Wildman–Crippen MR) is 76.3 cm³/mol. The largest absolute Gasteiger partial charge is 0.353 e. The monoisotopic (exact) mass is 262 g/mol. The summed E-state index contributed by atoms with van der Waals surface area (Å²) in [5, 5.41) is 2.80. The van der Waals surface area contributed by atoms with Gasteiger partial charge in [-0.3, -0.25) is 14.5 Å². The molecule has 104 valence electrons. The third-order valence-electron chi connectivity index (χ3n) is 2.62. The number of nitrogens with one attached hydrogen (secondary N) is 1. The number of carbonyl (C=O) groups excluding carboxylic acids is 2. The Hall–Kier alpha value is -1.68. The topological polar surface area (TPSA) is 49.4 Å². The number of carbonyl (C=O) groups is 2. The van der Waals surface area contributed by atoms with Crippen molar-refractivity contribution in [1.82, 2.24) is 10.2 Å². The van der Waals surface area contributed by atoms with Crippen molar-refractivity contribution in [2.45, 2.75) is 26.8 Å². The molecule has 0 bridgehead atoms. The second kappa shape index (κ2) is 7.04. The minimum Gasteiger partial charge on any atom is -0.353 e. The van der Waals surface area contributed by atoms with E-state index in [2.05, 4.69) is 5.32 Å². The highest BCUT2D eigenvalue weighted by atomic mass is 16.2. The van der Waals surface area contributed by atoms with Crippen LogP contribution in [0.2, 0.25) is 0 Å². The Kier molecular flexibility index (Phi) is 5.70. The van der Waals surface area contributed by atoms with Crippen molar-refractivity contribution >= 4 is 11.7 Å². The smallest absolute Gasteiger partial charge is 0.234 e. The average Bonchev–Trinajstić information content (AvgIpc) is 2.27. The summed E-state index contributed by atoms with van der Waals surface area (Å²) in [4.78, 5) is 25.3. The molecule has 0 atom stereocenters. The first-order chi connectivity index (χ1) is 8.88. The van der Waals surface area contributed by atoms with E-state index in [1.54, 1.807) is 18.0 Å². The Morgan fingerprint density at radius 2 is 1.95 bits per heavy atom. The molecule has 0 saturated heterocycles.